The van der Waals surface area contributed by atoms with E-state index in [1.54, 1.807) is 0 Å². The van der Waals surface area contributed by atoms with Crippen molar-refractivity contribution in [1.82, 2.24) is 14.9 Å². The molecule has 3 aromatic rings. The van der Waals surface area contributed by atoms with Crippen LogP contribution in [-0.4, -0.2) is 22.1 Å². The molecular formula is C36H49ClN4O2. The smallest absolute Gasteiger partial charge is 0.312 e. The number of halogens is 1. The fourth-order valence-corrected chi connectivity index (χ4v) is 6.41. The molecule has 0 bridgehead atoms. The van der Waals surface area contributed by atoms with E-state index in [1.807, 2.05) is 75.6 Å². The van der Waals surface area contributed by atoms with Gasteiger partial charge in [0.2, 0.25) is 0 Å². The van der Waals surface area contributed by atoms with Gasteiger partial charge in [-0.3, -0.25) is 4.79 Å². The molecule has 232 valence electrons. The zero-order valence-electron chi connectivity index (χ0n) is 26.2. The van der Waals surface area contributed by atoms with Crippen molar-refractivity contribution in [2.45, 2.75) is 97.6 Å². The van der Waals surface area contributed by atoms with E-state index in [1.165, 1.54) is 38.5 Å². The van der Waals surface area contributed by atoms with E-state index in [9.17, 15) is 4.79 Å². The van der Waals surface area contributed by atoms with E-state index in [-0.39, 0.29) is 18.5 Å². The Morgan fingerprint density at radius 1 is 1.16 bits per heavy atom. The first-order valence-corrected chi connectivity index (χ1v) is 16.3. The highest BCUT2D eigenvalue weighted by atomic mass is 35.5. The number of nitrogens with two attached hydrogens (primary N) is 1. The predicted octanol–water partition coefficient (Wildman–Crippen LogP) is 8.14. The molecule has 1 aliphatic carbocycles. The van der Waals surface area contributed by atoms with Gasteiger partial charge in [-0.05, 0) is 68.2 Å². The van der Waals surface area contributed by atoms with Crippen LogP contribution in [0.25, 0.3) is 0 Å². The Kier molecular flexibility index (Phi) is 12.2. The maximum Gasteiger partial charge on any atom is 0.312 e. The third-order valence-corrected chi connectivity index (χ3v) is 9.25. The van der Waals surface area contributed by atoms with Crippen LogP contribution in [0.1, 0.15) is 101 Å². The molecule has 6 nitrogen and oxygen atoms in total. The van der Waals surface area contributed by atoms with Crippen molar-refractivity contribution in [2.24, 2.45) is 17.1 Å². The van der Waals surface area contributed by atoms with Crippen LogP contribution in [0, 0.1) is 11.3 Å². The number of allylic oxidation sites excluding steroid dienone is 1. The van der Waals surface area contributed by atoms with E-state index in [0.29, 0.717) is 30.3 Å². The summed E-state index contributed by atoms with van der Waals surface area (Å²) in [5, 5.41) is 3.90. The van der Waals surface area contributed by atoms with Crippen molar-refractivity contribution in [3.8, 4) is 0 Å². The molecule has 0 saturated heterocycles. The zero-order chi connectivity index (χ0) is 30.7. The van der Waals surface area contributed by atoms with Crippen LogP contribution in [0.15, 0.2) is 72.8 Å². The van der Waals surface area contributed by atoms with E-state index in [4.69, 9.17) is 27.1 Å². The van der Waals surface area contributed by atoms with Crippen molar-refractivity contribution >= 4 is 17.6 Å². The normalized spacial score (nSPS) is 15.6. The molecular weight excluding hydrogens is 556 g/mol. The average Bonchev–Trinajstić information content (AvgIpc) is 3.27. The van der Waals surface area contributed by atoms with Crippen molar-refractivity contribution in [3.63, 3.8) is 0 Å². The van der Waals surface area contributed by atoms with Crippen LogP contribution < -0.4 is 11.1 Å². The minimum absolute atomic E-state index is 0.131. The lowest BCUT2D eigenvalue weighted by atomic mass is 9.72. The molecule has 1 fully saturated rings. The number of esters is 1. The molecule has 0 aliphatic heterocycles. The first kappa shape index (κ1) is 32.7. The van der Waals surface area contributed by atoms with Crippen LogP contribution in [-0.2, 0) is 29.1 Å². The molecule has 1 aromatic heterocycles. The van der Waals surface area contributed by atoms with Gasteiger partial charge in [-0.25, -0.2) is 4.98 Å². The van der Waals surface area contributed by atoms with E-state index in [0.717, 1.165) is 41.2 Å². The molecule has 0 radical (unpaired) electrons. The highest BCUT2D eigenvalue weighted by Gasteiger charge is 2.39. The van der Waals surface area contributed by atoms with E-state index < -0.39 is 5.41 Å². The van der Waals surface area contributed by atoms with Crippen molar-refractivity contribution in [2.75, 3.05) is 6.54 Å². The van der Waals surface area contributed by atoms with Crippen molar-refractivity contribution < 1.29 is 9.53 Å². The number of benzene rings is 2. The first-order chi connectivity index (χ1) is 20.8. The Morgan fingerprint density at radius 2 is 1.91 bits per heavy atom. The predicted molar refractivity (Wildman–Crippen MR) is 176 cm³/mol. The molecule has 0 spiro atoms. The lowest BCUT2D eigenvalue weighted by Gasteiger charge is -2.33. The molecule has 1 heterocycles. The number of aromatic nitrogens is 2. The molecule has 43 heavy (non-hydrogen) atoms. The number of carbonyl (C=O) groups excluding carboxylic acids is 1. The van der Waals surface area contributed by atoms with Gasteiger partial charge in [0.15, 0.2) is 0 Å². The van der Waals surface area contributed by atoms with Crippen LogP contribution in [0.4, 0.5) is 0 Å². The van der Waals surface area contributed by atoms with Crippen LogP contribution in [0.3, 0.4) is 0 Å². The maximum absolute atomic E-state index is 13.6. The number of imidazole rings is 1. The molecule has 4 rings (SSSR count). The van der Waals surface area contributed by atoms with Gasteiger partial charge in [-0.2, -0.15) is 0 Å². The summed E-state index contributed by atoms with van der Waals surface area (Å²) < 4.78 is 8.10. The van der Waals surface area contributed by atoms with Crippen LogP contribution in [0.5, 0.6) is 0 Å². The lowest BCUT2D eigenvalue weighted by molar-refractivity contribution is -0.156. The summed E-state index contributed by atoms with van der Waals surface area (Å²) in [6.45, 7) is 7.68. The van der Waals surface area contributed by atoms with Gasteiger partial charge in [0, 0.05) is 42.3 Å². The molecule has 1 unspecified atom stereocenters. The Balaban J connectivity index is 1.57. The van der Waals surface area contributed by atoms with Gasteiger partial charge in [-0.15, -0.1) is 0 Å². The van der Waals surface area contributed by atoms with E-state index >= 15 is 0 Å². The number of hydrogen-bond acceptors (Lipinski definition) is 5. The molecule has 7 heteroatoms. The summed E-state index contributed by atoms with van der Waals surface area (Å²) in [5.41, 5.74) is 9.35. The Bertz CT molecular complexity index is 1330. The maximum atomic E-state index is 13.6. The van der Waals surface area contributed by atoms with Gasteiger partial charge in [0.25, 0.3) is 0 Å². The molecule has 0 amide bonds. The monoisotopic (exact) mass is 604 g/mol. The van der Waals surface area contributed by atoms with E-state index in [2.05, 4.69) is 22.1 Å². The average molecular weight is 605 g/mol. The topological polar surface area (TPSA) is 82.2 Å². The highest BCUT2D eigenvalue weighted by molar-refractivity contribution is 6.31. The molecule has 3 N–H and O–H groups in total. The SMILES string of the molecule is CCN/C=C(\N)CCC(c1ccc(Cl)c(Cn2ccnc2CC2CCCCCC2)c1)C(C)(C)C(=O)OCc1ccccc1. The standard InChI is InChI=1S/C36H49ClN4O2/c1-4-39-24-31(38)17-18-32(36(2,3)35(42)43-26-28-14-10-7-11-15-28)29-16-19-33(37)30(23-29)25-41-21-20-40-34(41)22-27-12-8-5-6-9-13-27/h7,10-11,14-16,19-21,23-24,27,32,39H,4-6,8-9,12-13,17-18,22,25-26,38H2,1-3H3/b31-24-. The van der Waals surface area contributed by atoms with Gasteiger partial charge in [0.1, 0.15) is 12.4 Å². The molecule has 1 atom stereocenters. The number of nitrogens with zero attached hydrogens (tertiary/aromatic N) is 2. The zero-order valence-corrected chi connectivity index (χ0v) is 26.9. The Hall–Kier alpha value is -3.25. The lowest BCUT2D eigenvalue weighted by Crippen LogP contribution is -2.33. The largest absolute Gasteiger partial charge is 0.460 e. The number of carbonyl (C=O) groups is 1. The minimum Gasteiger partial charge on any atom is -0.460 e. The van der Waals surface area contributed by atoms with Crippen molar-refractivity contribution in [1.29, 1.82) is 0 Å². The second kappa shape index (κ2) is 16.0. The summed E-state index contributed by atoms with van der Waals surface area (Å²) in [4.78, 5) is 18.4. The third-order valence-electron chi connectivity index (χ3n) is 8.88. The Morgan fingerprint density at radius 3 is 2.63 bits per heavy atom. The molecule has 2 aromatic carbocycles. The first-order valence-electron chi connectivity index (χ1n) is 15.9. The summed E-state index contributed by atoms with van der Waals surface area (Å²) in [7, 11) is 0. The van der Waals surface area contributed by atoms with Crippen molar-refractivity contribution in [3.05, 3.63) is 100 Å². The fraction of sp³-hybridized carbons (Fsp3) is 0.500. The molecule has 1 saturated carbocycles. The molecule has 1 aliphatic rings. The second-order valence-electron chi connectivity index (χ2n) is 12.5. The summed E-state index contributed by atoms with van der Waals surface area (Å²) in [5.74, 6) is 1.45. The third kappa shape index (κ3) is 9.37. The number of ether oxygens (including phenoxy) is 1. The number of nitrogens with one attached hydrogen (secondary N) is 1. The summed E-state index contributed by atoms with van der Waals surface area (Å²) in [6.07, 6.45) is 16.1. The fourth-order valence-electron chi connectivity index (χ4n) is 6.23. The Labute approximate surface area is 263 Å². The van der Waals surface area contributed by atoms with Gasteiger partial charge in [0.05, 0.1) is 12.0 Å². The second-order valence-corrected chi connectivity index (χ2v) is 12.9. The van der Waals surface area contributed by atoms with Crippen LogP contribution in [0.2, 0.25) is 5.02 Å². The minimum atomic E-state index is -0.794. The quantitative estimate of drug-likeness (QED) is 0.143. The summed E-state index contributed by atoms with van der Waals surface area (Å²) in [6, 6.07) is 16.0. The van der Waals surface area contributed by atoms with Gasteiger partial charge < -0.3 is 20.4 Å². The number of hydrogen-bond donors (Lipinski definition) is 2. The summed E-state index contributed by atoms with van der Waals surface area (Å²) >= 11 is 6.80. The van der Waals surface area contributed by atoms with Gasteiger partial charge in [-0.1, -0.05) is 92.6 Å². The van der Waals surface area contributed by atoms with Crippen LogP contribution >= 0.6 is 11.6 Å². The number of rotatable bonds is 14. The van der Waals surface area contributed by atoms with Gasteiger partial charge >= 0.3 is 5.97 Å². The highest BCUT2D eigenvalue weighted by Crippen LogP contribution is 2.42.